The van der Waals surface area contributed by atoms with Crippen molar-refractivity contribution in [3.05, 3.63) is 96.1 Å². The van der Waals surface area contributed by atoms with Crippen LogP contribution in [0.1, 0.15) is 17.0 Å². The maximum atomic E-state index is 9.98. The van der Waals surface area contributed by atoms with Crippen molar-refractivity contribution >= 4 is 5.90 Å². The molecule has 6 heteroatoms. The Hall–Kier alpha value is -4.37. The van der Waals surface area contributed by atoms with E-state index in [2.05, 4.69) is 6.07 Å². The summed E-state index contributed by atoms with van der Waals surface area (Å²) < 4.78 is 13.0. The fraction of sp³-hybridized carbons (Fsp3) is 0.115. The van der Waals surface area contributed by atoms with E-state index in [4.69, 9.17) is 20.0 Å². The zero-order valence-corrected chi connectivity index (χ0v) is 17.4. The Morgan fingerprint density at radius 2 is 1.62 bits per heavy atom. The Morgan fingerprint density at radius 1 is 0.969 bits per heavy atom. The molecular formula is C26H20N4O2. The Labute approximate surface area is 185 Å². The molecule has 0 bridgehead atoms. The molecule has 3 aromatic carbocycles. The van der Waals surface area contributed by atoms with E-state index in [0.29, 0.717) is 5.88 Å². The van der Waals surface area contributed by atoms with Gasteiger partial charge >= 0.3 is 0 Å². The van der Waals surface area contributed by atoms with Crippen molar-refractivity contribution in [2.45, 2.75) is 5.92 Å². The molecule has 1 aromatic heterocycles. The first-order chi connectivity index (χ1) is 15.7. The van der Waals surface area contributed by atoms with Crippen molar-refractivity contribution in [1.29, 1.82) is 10.7 Å². The third kappa shape index (κ3) is 3.21. The van der Waals surface area contributed by atoms with Gasteiger partial charge in [0.25, 0.3) is 0 Å². The molecule has 2 atom stereocenters. The predicted octanol–water partition coefficient (Wildman–Crippen LogP) is 5.19. The number of methoxy groups -OCH3 is 1. The normalized spacial score (nSPS) is 17.2. The summed E-state index contributed by atoms with van der Waals surface area (Å²) in [5, 5.41) is 23.4. The van der Waals surface area contributed by atoms with Crippen LogP contribution in [0, 0.1) is 22.7 Å². The molecule has 1 aliphatic heterocycles. The van der Waals surface area contributed by atoms with Crippen LogP contribution in [0.3, 0.4) is 0 Å². The monoisotopic (exact) mass is 420 g/mol. The first-order valence-corrected chi connectivity index (χ1v) is 10.2. The number of aromatic nitrogens is 2. The van der Waals surface area contributed by atoms with Crippen LogP contribution in [0.4, 0.5) is 0 Å². The molecule has 0 radical (unpaired) electrons. The number of ether oxygens (including phenoxy) is 2. The summed E-state index contributed by atoms with van der Waals surface area (Å²) in [5.41, 5.74) is 4.18. The number of rotatable bonds is 4. The molecule has 32 heavy (non-hydrogen) atoms. The zero-order chi connectivity index (χ0) is 22.1. The van der Waals surface area contributed by atoms with Gasteiger partial charge in [0.05, 0.1) is 24.4 Å². The van der Waals surface area contributed by atoms with Crippen LogP contribution in [0.15, 0.2) is 84.9 Å². The summed E-state index contributed by atoms with van der Waals surface area (Å²) in [6.07, 6.45) is 0. The van der Waals surface area contributed by atoms with Gasteiger partial charge in [-0.1, -0.05) is 60.7 Å². The van der Waals surface area contributed by atoms with Gasteiger partial charge in [0, 0.05) is 11.5 Å². The van der Waals surface area contributed by atoms with Crippen LogP contribution < -0.4 is 9.47 Å². The predicted molar refractivity (Wildman–Crippen MR) is 121 cm³/mol. The molecule has 0 saturated carbocycles. The van der Waals surface area contributed by atoms with Gasteiger partial charge in [-0.2, -0.15) is 15.0 Å². The van der Waals surface area contributed by atoms with Crippen LogP contribution >= 0.6 is 0 Å². The molecule has 156 valence electrons. The highest BCUT2D eigenvalue weighted by atomic mass is 16.5. The van der Waals surface area contributed by atoms with E-state index in [9.17, 15) is 5.26 Å². The molecule has 4 aromatic rings. The Balaban J connectivity index is 1.79. The van der Waals surface area contributed by atoms with Crippen molar-refractivity contribution in [3.8, 4) is 34.6 Å². The largest absolute Gasteiger partial charge is 0.497 e. The average Bonchev–Trinajstić information content (AvgIpc) is 3.23. The molecule has 5 rings (SSSR count). The number of nitrogens with one attached hydrogen (secondary N) is 1. The minimum Gasteiger partial charge on any atom is -0.497 e. The zero-order valence-electron chi connectivity index (χ0n) is 17.4. The summed E-state index contributed by atoms with van der Waals surface area (Å²) in [4.78, 5) is 0. The van der Waals surface area contributed by atoms with Crippen LogP contribution in [-0.4, -0.2) is 22.8 Å². The van der Waals surface area contributed by atoms with Crippen molar-refractivity contribution in [1.82, 2.24) is 9.78 Å². The van der Waals surface area contributed by atoms with E-state index in [1.54, 1.807) is 11.8 Å². The molecule has 0 amide bonds. The van der Waals surface area contributed by atoms with E-state index in [1.807, 2.05) is 84.9 Å². The van der Waals surface area contributed by atoms with E-state index in [0.717, 1.165) is 33.8 Å². The van der Waals surface area contributed by atoms with Crippen molar-refractivity contribution < 1.29 is 9.47 Å². The average molecular weight is 420 g/mol. The van der Waals surface area contributed by atoms with Crippen molar-refractivity contribution in [3.63, 3.8) is 0 Å². The van der Waals surface area contributed by atoms with Gasteiger partial charge in [0.1, 0.15) is 17.4 Å². The third-order valence-electron chi connectivity index (χ3n) is 5.67. The molecule has 0 aliphatic carbocycles. The fourth-order valence-electron chi connectivity index (χ4n) is 4.14. The van der Waals surface area contributed by atoms with Crippen LogP contribution in [0.5, 0.6) is 11.6 Å². The van der Waals surface area contributed by atoms with E-state index >= 15 is 0 Å². The summed E-state index contributed by atoms with van der Waals surface area (Å²) in [6.45, 7) is 0. The Morgan fingerprint density at radius 3 is 2.25 bits per heavy atom. The molecule has 2 unspecified atom stereocenters. The van der Waals surface area contributed by atoms with E-state index < -0.39 is 11.8 Å². The second-order valence-electron chi connectivity index (χ2n) is 7.50. The van der Waals surface area contributed by atoms with Crippen LogP contribution in [0.25, 0.3) is 16.9 Å². The minimum absolute atomic E-state index is 0.0856. The molecule has 6 nitrogen and oxygen atoms in total. The highest BCUT2D eigenvalue weighted by molar-refractivity contribution is 5.87. The third-order valence-corrected chi connectivity index (χ3v) is 5.67. The second-order valence-corrected chi connectivity index (χ2v) is 7.50. The number of hydrogen-bond donors (Lipinski definition) is 1. The highest BCUT2D eigenvalue weighted by Gasteiger charge is 2.42. The van der Waals surface area contributed by atoms with Gasteiger partial charge in [0.15, 0.2) is 0 Å². The number of fused-ring (bicyclic) bond motifs is 1. The lowest BCUT2D eigenvalue weighted by molar-refractivity contribution is 0.413. The first kappa shape index (κ1) is 19.6. The fourth-order valence-corrected chi connectivity index (χ4v) is 4.14. The standard InChI is InChI=1S/C26H20N4O2/c1-31-20-14-12-17(13-15-20)22-21(16-27)25(28)32-26-23(22)24(18-8-4-2-5-9-18)29-30(26)19-10-6-3-7-11-19/h2-15,21-22,28H,1H3. The van der Waals surface area contributed by atoms with Gasteiger partial charge in [-0.25, -0.2) is 0 Å². The summed E-state index contributed by atoms with van der Waals surface area (Å²) in [5.74, 6) is -0.0700. The maximum Gasteiger partial charge on any atom is 0.228 e. The summed E-state index contributed by atoms with van der Waals surface area (Å²) in [7, 11) is 1.62. The van der Waals surface area contributed by atoms with E-state index in [1.165, 1.54) is 0 Å². The van der Waals surface area contributed by atoms with Crippen LogP contribution in [0.2, 0.25) is 0 Å². The molecule has 0 fully saturated rings. The van der Waals surface area contributed by atoms with Gasteiger partial charge in [0.2, 0.25) is 11.8 Å². The summed E-state index contributed by atoms with van der Waals surface area (Å²) in [6, 6.07) is 29.4. The number of nitriles is 1. The maximum absolute atomic E-state index is 9.98. The highest BCUT2D eigenvalue weighted by Crippen LogP contribution is 2.47. The summed E-state index contributed by atoms with van der Waals surface area (Å²) >= 11 is 0. The van der Waals surface area contributed by atoms with E-state index in [-0.39, 0.29) is 5.90 Å². The number of para-hydroxylation sites is 1. The molecule has 1 aliphatic rings. The lowest BCUT2D eigenvalue weighted by atomic mass is 9.79. The SMILES string of the molecule is COc1ccc(C2c3c(-c4ccccc4)nn(-c4ccccc4)c3OC(=N)C2C#N)cc1. The smallest absolute Gasteiger partial charge is 0.228 e. The number of nitrogens with zero attached hydrogens (tertiary/aromatic N) is 3. The molecule has 1 N–H and O–H groups in total. The van der Waals surface area contributed by atoms with Gasteiger partial charge in [-0.3, -0.25) is 5.41 Å². The first-order valence-electron chi connectivity index (χ1n) is 10.2. The lowest BCUT2D eigenvalue weighted by Crippen LogP contribution is -2.31. The van der Waals surface area contributed by atoms with Gasteiger partial charge in [-0.15, -0.1) is 0 Å². The second kappa shape index (κ2) is 8.05. The topological polar surface area (TPSA) is 83.9 Å². The molecular weight excluding hydrogens is 400 g/mol. The Kier molecular flexibility index (Phi) is 4.92. The quantitative estimate of drug-likeness (QED) is 0.492. The molecule has 0 spiro atoms. The van der Waals surface area contributed by atoms with Crippen molar-refractivity contribution in [2.24, 2.45) is 5.92 Å². The van der Waals surface area contributed by atoms with Gasteiger partial charge < -0.3 is 9.47 Å². The Bertz CT molecular complexity index is 1310. The minimum atomic E-state index is -0.771. The molecule has 0 saturated heterocycles. The van der Waals surface area contributed by atoms with Crippen LogP contribution in [-0.2, 0) is 0 Å². The van der Waals surface area contributed by atoms with Gasteiger partial charge in [-0.05, 0) is 29.8 Å². The molecule has 2 heterocycles. The van der Waals surface area contributed by atoms with Crippen molar-refractivity contribution in [2.75, 3.05) is 7.11 Å². The number of benzene rings is 3. The number of hydrogen-bond acceptors (Lipinski definition) is 5. The lowest BCUT2D eigenvalue weighted by Gasteiger charge is -2.29.